The van der Waals surface area contributed by atoms with Crippen LogP contribution >= 0.6 is 0 Å². The van der Waals surface area contributed by atoms with Crippen LogP contribution in [0.5, 0.6) is 5.75 Å². The van der Waals surface area contributed by atoms with Crippen molar-refractivity contribution in [2.75, 3.05) is 38.1 Å². The Labute approximate surface area is 161 Å². The van der Waals surface area contributed by atoms with E-state index in [9.17, 15) is 4.79 Å². The zero-order chi connectivity index (χ0) is 19.1. The zero-order valence-corrected chi connectivity index (χ0v) is 15.9. The number of benzene rings is 2. The summed E-state index contributed by atoms with van der Waals surface area (Å²) in [7, 11) is 0. The molecule has 2 aromatic carbocycles. The van der Waals surface area contributed by atoms with Crippen LogP contribution in [-0.4, -0.2) is 48.6 Å². The van der Waals surface area contributed by atoms with Crippen LogP contribution in [0, 0.1) is 0 Å². The summed E-state index contributed by atoms with van der Waals surface area (Å²) >= 11 is 0. The highest BCUT2D eigenvalue weighted by atomic mass is 16.5. The first kappa shape index (κ1) is 19.0. The lowest BCUT2D eigenvalue weighted by molar-refractivity contribution is 0.143. The van der Waals surface area contributed by atoms with Gasteiger partial charge >= 0.3 is 6.03 Å². The van der Waals surface area contributed by atoms with E-state index in [4.69, 9.17) is 4.74 Å². The normalized spacial score (nSPS) is 14.6. The van der Waals surface area contributed by atoms with E-state index in [2.05, 4.69) is 41.1 Å². The molecule has 27 heavy (non-hydrogen) atoms. The summed E-state index contributed by atoms with van der Waals surface area (Å²) in [4.78, 5) is 16.8. The molecule has 0 spiro atoms. The zero-order valence-electron chi connectivity index (χ0n) is 15.9. The van der Waals surface area contributed by atoms with Crippen molar-refractivity contribution in [3.8, 4) is 5.75 Å². The molecule has 0 atom stereocenters. The van der Waals surface area contributed by atoms with Crippen LogP contribution in [0.2, 0.25) is 0 Å². The number of anilines is 1. The minimum atomic E-state index is -0.0635. The van der Waals surface area contributed by atoms with Crippen LogP contribution in [0.3, 0.4) is 0 Å². The van der Waals surface area contributed by atoms with Gasteiger partial charge in [-0.25, -0.2) is 4.79 Å². The fourth-order valence-electron chi connectivity index (χ4n) is 3.02. The summed E-state index contributed by atoms with van der Waals surface area (Å²) in [5, 5.41) is 2.97. The molecule has 3 rings (SSSR count). The minimum Gasteiger partial charge on any atom is -0.489 e. The molecular weight excluding hydrogens is 338 g/mol. The predicted molar refractivity (Wildman–Crippen MR) is 109 cm³/mol. The third kappa shape index (κ3) is 5.86. The quantitative estimate of drug-likeness (QED) is 0.787. The molecule has 142 valence electrons. The van der Waals surface area contributed by atoms with E-state index in [1.54, 1.807) is 0 Å². The van der Waals surface area contributed by atoms with Crippen molar-refractivity contribution in [1.82, 2.24) is 9.80 Å². The highest BCUT2D eigenvalue weighted by Gasteiger charge is 2.21. The second kappa shape index (κ2) is 9.24. The third-order valence-electron chi connectivity index (χ3n) is 4.48. The van der Waals surface area contributed by atoms with Gasteiger partial charge in [-0.15, -0.1) is 0 Å². The van der Waals surface area contributed by atoms with Crippen molar-refractivity contribution in [3.63, 3.8) is 0 Å². The van der Waals surface area contributed by atoms with Gasteiger partial charge in [0.05, 0.1) is 0 Å². The molecule has 2 amide bonds. The predicted octanol–water partition coefficient (Wildman–Crippen LogP) is 3.99. The van der Waals surface area contributed by atoms with Crippen LogP contribution in [0.25, 0.3) is 0 Å². The summed E-state index contributed by atoms with van der Waals surface area (Å²) < 4.78 is 5.63. The Balaban J connectivity index is 1.48. The second-order valence-corrected chi connectivity index (χ2v) is 6.95. The van der Waals surface area contributed by atoms with Crippen LogP contribution in [0.4, 0.5) is 10.5 Å². The number of hydrogen-bond donors (Lipinski definition) is 1. The Morgan fingerprint density at radius 3 is 2.52 bits per heavy atom. The molecule has 1 heterocycles. The Bertz CT molecular complexity index is 768. The number of urea groups is 1. The Kier molecular flexibility index (Phi) is 6.49. The maximum Gasteiger partial charge on any atom is 0.321 e. The van der Waals surface area contributed by atoms with Gasteiger partial charge in [-0.3, -0.25) is 4.90 Å². The fourth-order valence-corrected chi connectivity index (χ4v) is 3.02. The van der Waals surface area contributed by atoms with E-state index in [1.807, 2.05) is 42.2 Å². The smallest absolute Gasteiger partial charge is 0.321 e. The number of nitrogens with one attached hydrogen (secondary N) is 1. The number of rotatable bonds is 6. The number of piperazine rings is 1. The van der Waals surface area contributed by atoms with E-state index >= 15 is 0 Å². The molecular formula is C22H27N3O2. The highest BCUT2D eigenvalue weighted by Crippen LogP contribution is 2.19. The molecule has 0 aliphatic carbocycles. The summed E-state index contributed by atoms with van der Waals surface area (Å²) in [6.07, 6.45) is 0. The van der Waals surface area contributed by atoms with Crippen molar-refractivity contribution in [1.29, 1.82) is 0 Å². The maximum absolute atomic E-state index is 12.6. The number of nitrogens with zero attached hydrogens (tertiary/aromatic N) is 2. The van der Waals surface area contributed by atoms with Gasteiger partial charge in [-0.1, -0.05) is 43.0 Å². The molecule has 1 fully saturated rings. The fraction of sp³-hybridized carbons (Fsp3) is 0.318. The van der Waals surface area contributed by atoms with Crippen LogP contribution in [0.15, 0.2) is 66.7 Å². The number of hydrogen-bond acceptors (Lipinski definition) is 3. The molecule has 1 aliphatic rings. The number of ether oxygens (including phenoxy) is 1. The molecule has 0 unspecified atom stereocenters. The number of carbonyl (C=O) groups is 1. The van der Waals surface area contributed by atoms with Gasteiger partial charge in [0.1, 0.15) is 12.4 Å². The lowest BCUT2D eigenvalue weighted by Gasteiger charge is -2.34. The molecule has 0 radical (unpaired) electrons. The molecule has 0 bridgehead atoms. The first-order valence-electron chi connectivity index (χ1n) is 9.29. The molecule has 0 aromatic heterocycles. The Hall–Kier alpha value is -2.79. The first-order valence-corrected chi connectivity index (χ1v) is 9.29. The number of amides is 2. The first-order chi connectivity index (χ1) is 13.1. The van der Waals surface area contributed by atoms with Crippen molar-refractivity contribution in [3.05, 3.63) is 72.3 Å². The molecule has 1 saturated heterocycles. The van der Waals surface area contributed by atoms with Gasteiger partial charge in [0.2, 0.25) is 0 Å². The van der Waals surface area contributed by atoms with Crippen LogP contribution < -0.4 is 10.1 Å². The SMILES string of the molecule is C=C(C)COc1cccc(NC(=O)N2CCN(Cc3ccccc3)CC2)c1. The second-order valence-electron chi connectivity index (χ2n) is 6.95. The van der Waals surface area contributed by atoms with E-state index in [-0.39, 0.29) is 6.03 Å². The largest absolute Gasteiger partial charge is 0.489 e. The van der Waals surface area contributed by atoms with Crippen LogP contribution in [0.1, 0.15) is 12.5 Å². The molecule has 0 saturated carbocycles. The summed E-state index contributed by atoms with van der Waals surface area (Å²) in [6, 6.07) is 17.8. The van der Waals surface area contributed by atoms with Crippen molar-refractivity contribution in [2.24, 2.45) is 0 Å². The average Bonchev–Trinajstić information content (AvgIpc) is 2.68. The lowest BCUT2D eigenvalue weighted by atomic mass is 10.2. The average molecular weight is 365 g/mol. The monoisotopic (exact) mass is 365 g/mol. The molecule has 5 heteroatoms. The molecule has 5 nitrogen and oxygen atoms in total. The van der Waals surface area contributed by atoms with E-state index < -0.39 is 0 Å². The third-order valence-corrected chi connectivity index (χ3v) is 4.48. The van der Waals surface area contributed by atoms with Gasteiger partial charge < -0.3 is 15.0 Å². The van der Waals surface area contributed by atoms with Gasteiger partial charge in [-0.2, -0.15) is 0 Å². The Morgan fingerprint density at radius 1 is 1.07 bits per heavy atom. The minimum absolute atomic E-state index is 0.0635. The maximum atomic E-state index is 12.6. The van der Waals surface area contributed by atoms with Gasteiger partial charge in [0, 0.05) is 44.5 Å². The van der Waals surface area contributed by atoms with Crippen molar-refractivity contribution < 1.29 is 9.53 Å². The Morgan fingerprint density at radius 2 is 1.81 bits per heavy atom. The number of carbonyl (C=O) groups excluding carboxylic acids is 1. The van der Waals surface area contributed by atoms with Gasteiger partial charge in [0.15, 0.2) is 0 Å². The van der Waals surface area contributed by atoms with Crippen LogP contribution in [-0.2, 0) is 6.54 Å². The molecule has 2 aromatic rings. The van der Waals surface area contributed by atoms with E-state index in [1.165, 1.54) is 5.56 Å². The molecule has 1 N–H and O–H groups in total. The highest BCUT2D eigenvalue weighted by molar-refractivity contribution is 5.89. The summed E-state index contributed by atoms with van der Waals surface area (Å²) in [5.41, 5.74) is 3.01. The van der Waals surface area contributed by atoms with E-state index in [0.717, 1.165) is 49.7 Å². The topological polar surface area (TPSA) is 44.8 Å². The summed E-state index contributed by atoms with van der Waals surface area (Å²) in [6.45, 7) is 10.4. The standard InChI is InChI=1S/C22H27N3O2/c1-18(2)17-27-21-10-6-9-20(15-21)23-22(26)25-13-11-24(12-14-25)16-19-7-4-3-5-8-19/h3-10,15H,1,11-14,16-17H2,2H3,(H,23,26). The van der Waals surface area contributed by atoms with Gasteiger partial charge in [-0.05, 0) is 30.2 Å². The van der Waals surface area contributed by atoms with Gasteiger partial charge in [0.25, 0.3) is 0 Å². The van der Waals surface area contributed by atoms with Crippen molar-refractivity contribution in [2.45, 2.75) is 13.5 Å². The van der Waals surface area contributed by atoms with Crippen molar-refractivity contribution >= 4 is 11.7 Å². The van der Waals surface area contributed by atoms with E-state index in [0.29, 0.717) is 6.61 Å². The lowest BCUT2D eigenvalue weighted by Crippen LogP contribution is -2.49. The summed E-state index contributed by atoms with van der Waals surface area (Å²) in [5.74, 6) is 0.725. The molecule has 1 aliphatic heterocycles.